The zero-order valence-electron chi connectivity index (χ0n) is 9.80. The van der Waals surface area contributed by atoms with Crippen molar-refractivity contribution in [2.45, 2.75) is 26.4 Å². The van der Waals surface area contributed by atoms with Gasteiger partial charge in [0, 0.05) is 16.0 Å². The summed E-state index contributed by atoms with van der Waals surface area (Å²) in [6, 6.07) is 5.24. The van der Waals surface area contributed by atoms with Gasteiger partial charge >= 0.3 is 5.97 Å². The monoisotopic (exact) mass is 319 g/mol. The van der Waals surface area contributed by atoms with Crippen LogP contribution >= 0.6 is 27.5 Å². The van der Waals surface area contributed by atoms with Crippen LogP contribution in [-0.2, 0) is 16.1 Å². The van der Waals surface area contributed by atoms with Crippen molar-refractivity contribution < 1.29 is 9.53 Å². The van der Waals surface area contributed by atoms with Gasteiger partial charge in [-0.3, -0.25) is 4.79 Å². The topological polar surface area (TPSA) is 38.3 Å². The number of rotatable bonds is 5. The van der Waals surface area contributed by atoms with Gasteiger partial charge in [0.05, 0.1) is 6.61 Å². The molecule has 1 N–H and O–H groups in total. The third kappa shape index (κ3) is 4.66. The van der Waals surface area contributed by atoms with E-state index in [-0.39, 0.29) is 12.0 Å². The standard InChI is InChI=1S/C12H15BrClNO2/c1-3-17-12(16)8(2)15-7-9-4-5-10(14)6-11(9)13/h4-6,8,15H,3,7H2,1-2H3. The lowest BCUT2D eigenvalue weighted by Gasteiger charge is -2.13. The third-order valence-electron chi connectivity index (χ3n) is 2.25. The van der Waals surface area contributed by atoms with Gasteiger partial charge in [0.15, 0.2) is 0 Å². The van der Waals surface area contributed by atoms with Gasteiger partial charge in [-0.15, -0.1) is 0 Å². The highest BCUT2D eigenvalue weighted by Crippen LogP contribution is 2.21. The molecule has 1 unspecified atom stereocenters. The van der Waals surface area contributed by atoms with E-state index in [1.54, 1.807) is 13.8 Å². The average molecular weight is 321 g/mol. The van der Waals surface area contributed by atoms with Crippen LogP contribution in [0.2, 0.25) is 5.02 Å². The number of hydrogen-bond donors (Lipinski definition) is 1. The molecule has 0 aliphatic rings. The fourth-order valence-electron chi connectivity index (χ4n) is 1.28. The second kappa shape index (κ2) is 6.99. The van der Waals surface area contributed by atoms with Crippen LogP contribution < -0.4 is 5.32 Å². The Morgan fingerprint density at radius 3 is 2.88 bits per heavy atom. The summed E-state index contributed by atoms with van der Waals surface area (Å²) in [7, 11) is 0. The Labute approximate surface area is 115 Å². The molecule has 0 aliphatic carbocycles. The van der Waals surface area contributed by atoms with E-state index in [0.717, 1.165) is 10.0 Å². The van der Waals surface area contributed by atoms with Crippen molar-refractivity contribution in [2.75, 3.05) is 6.61 Å². The van der Waals surface area contributed by atoms with E-state index in [4.69, 9.17) is 16.3 Å². The van der Waals surface area contributed by atoms with Crippen molar-refractivity contribution in [1.82, 2.24) is 5.32 Å². The lowest BCUT2D eigenvalue weighted by molar-refractivity contribution is -0.145. The maximum absolute atomic E-state index is 11.4. The second-order valence-electron chi connectivity index (χ2n) is 3.59. The molecule has 1 aromatic rings. The minimum Gasteiger partial charge on any atom is -0.465 e. The molecule has 0 spiro atoms. The molecule has 3 nitrogen and oxygen atoms in total. The molecular weight excluding hydrogens is 305 g/mol. The Kier molecular flexibility index (Phi) is 5.95. The van der Waals surface area contributed by atoms with Crippen molar-refractivity contribution in [1.29, 1.82) is 0 Å². The molecule has 1 rings (SSSR count). The van der Waals surface area contributed by atoms with Crippen LogP contribution in [-0.4, -0.2) is 18.6 Å². The third-order valence-corrected chi connectivity index (χ3v) is 3.23. The first-order chi connectivity index (χ1) is 8.04. The summed E-state index contributed by atoms with van der Waals surface area (Å²) in [5.74, 6) is -0.238. The molecule has 1 atom stereocenters. The molecule has 0 aromatic heterocycles. The van der Waals surface area contributed by atoms with E-state index in [1.165, 1.54) is 0 Å². The smallest absolute Gasteiger partial charge is 0.322 e. The zero-order valence-corrected chi connectivity index (χ0v) is 12.1. The molecular formula is C12H15BrClNO2. The minimum absolute atomic E-state index is 0.238. The maximum atomic E-state index is 11.4. The Balaban J connectivity index is 2.52. The molecule has 0 saturated heterocycles. The van der Waals surface area contributed by atoms with Gasteiger partial charge < -0.3 is 10.1 Å². The number of carbonyl (C=O) groups excluding carboxylic acids is 1. The van der Waals surface area contributed by atoms with Gasteiger partial charge in [0.1, 0.15) is 6.04 Å². The first-order valence-corrected chi connectivity index (χ1v) is 6.55. The van der Waals surface area contributed by atoms with Gasteiger partial charge in [-0.05, 0) is 31.5 Å². The summed E-state index contributed by atoms with van der Waals surface area (Å²) in [6.45, 7) is 4.55. The van der Waals surface area contributed by atoms with Crippen molar-refractivity contribution in [3.8, 4) is 0 Å². The predicted molar refractivity (Wildman–Crippen MR) is 72.1 cm³/mol. The molecule has 17 heavy (non-hydrogen) atoms. The van der Waals surface area contributed by atoms with E-state index in [2.05, 4.69) is 21.2 Å². The number of ether oxygens (including phenoxy) is 1. The number of esters is 1. The SMILES string of the molecule is CCOC(=O)C(C)NCc1ccc(Cl)cc1Br. The van der Waals surface area contributed by atoms with Crippen LogP contribution in [0, 0.1) is 0 Å². The molecule has 0 radical (unpaired) electrons. The van der Waals surface area contributed by atoms with Crippen molar-refractivity contribution in [2.24, 2.45) is 0 Å². The Hall–Kier alpha value is -0.580. The molecule has 1 aromatic carbocycles. The van der Waals surface area contributed by atoms with E-state index >= 15 is 0 Å². The van der Waals surface area contributed by atoms with Gasteiger partial charge in [0.2, 0.25) is 0 Å². The van der Waals surface area contributed by atoms with Crippen molar-refractivity contribution in [3.63, 3.8) is 0 Å². The number of nitrogens with one attached hydrogen (secondary N) is 1. The fourth-order valence-corrected chi connectivity index (χ4v) is 2.10. The van der Waals surface area contributed by atoms with Gasteiger partial charge in [-0.2, -0.15) is 0 Å². The molecule has 0 heterocycles. The summed E-state index contributed by atoms with van der Waals surface area (Å²) >= 11 is 9.27. The zero-order chi connectivity index (χ0) is 12.8. The molecule has 5 heteroatoms. The molecule has 94 valence electrons. The predicted octanol–water partition coefficient (Wildman–Crippen LogP) is 3.14. The summed E-state index contributed by atoms with van der Waals surface area (Å²) < 4.78 is 5.83. The first kappa shape index (κ1) is 14.5. The lowest BCUT2D eigenvalue weighted by atomic mass is 10.2. The Morgan fingerprint density at radius 1 is 1.59 bits per heavy atom. The van der Waals surface area contributed by atoms with Crippen LogP contribution in [0.4, 0.5) is 0 Å². The van der Waals surface area contributed by atoms with Gasteiger partial charge in [-0.25, -0.2) is 0 Å². The van der Waals surface area contributed by atoms with Crippen LogP contribution in [0.1, 0.15) is 19.4 Å². The maximum Gasteiger partial charge on any atom is 0.322 e. The van der Waals surface area contributed by atoms with Crippen molar-refractivity contribution >= 4 is 33.5 Å². The summed E-state index contributed by atoms with van der Waals surface area (Å²) in [5.41, 5.74) is 1.05. The Bertz CT molecular complexity index is 398. The number of benzene rings is 1. The van der Waals surface area contributed by atoms with Crippen LogP contribution in [0.15, 0.2) is 22.7 Å². The van der Waals surface area contributed by atoms with Crippen molar-refractivity contribution in [3.05, 3.63) is 33.3 Å². The quantitative estimate of drug-likeness (QED) is 0.847. The van der Waals surface area contributed by atoms with Gasteiger partial charge in [-0.1, -0.05) is 33.6 Å². The number of halogens is 2. The summed E-state index contributed by atoms with van der Waals surface area (Å²) in [5, 5.41) is 3.78. The number of carbonyl (C=O) groups is 1. The molecule has 0 aliphatic heterocycles. The van der Waals surface area contributed by atoms with E-state index in [9.17, 15) is 4.79 Å². The lowest BCUT2D eigenvalue weighted by Crippen LogP contribution is -2.34. The molecule has 0 saturated carbocycles. The van der Waals surface area contributed by atoms with Crippen LogP contribution in [0.25, 0.3) is 0 Å². The highest BCUT2D eigenvalue weighted by atomic mass is 79.9. The van der Waals surface area contributed by atoms with E-state index in [0.29, 0.717) is 18.2 Å². The molecule has 0 amide bonds. The molecule has 0 fully saturated rings. The molecule has 0 bridgehead atoms. The fraction of sp³-hybridized carbons (Fsp3) is 0.417. The average Bonchev–Trinajstić information content (AvgIpc) is 2.27. The minimum atomic E-state index is -0.322. The normalized spacial score (nSPS) is 12.2. The second-order valence-corrected chi connectivity index (χ2v) is 4.88. The Morgan fingerprint density at radius 2 is 2.29 bits per heavy atom. The summed E-state index contributed by atoms with van der Waals surface area (Å²) in [6.07, 6.45) is 0. The van der Waals surface area contributed by atoms with E-state index < -0.39 is 0 Å². The van der Waals surface area contributed by atoms with Crippen LogP contribution in [0.5, 0.6) is 0 Å². The van der Waals surface area contributed by atoms with E-state index in [1.807, 2.05) is 18.2 Å². The summed E-state index contributed by atoms with van der Waals surface area (Å²) in [4.78, 5) is 11.4. The highest BCUT2D eigenvalue weighted by molar-refractivity contribution is 9.10. The highest BCUT2D eigenvalue weighted by Gasteiger charge is 2.13. The number of hydrogen-bond acceptors (Lipinski definition) is 3. The van der Waals surface area contributed by atoms with Gasteiger partial charge in [0.25, 0.3) is 0 Å². The van der Waals surface area contributed by atoms with Crippen LogP contribution in [0.3, 0.4) is 0 Å². The largest absolute Gasteiger partial charge is 0.465 e. The first-order valence-electron chi connectivity index (χ1n) is 5.38.